The Balaban J connectivity index is 1.61. The fraction of sp³-hybridized carbons (Fsp3) is 0.346. The normalized spacial score (nSPS) is 25.9. The van der Waals surface area contributed by atoms with Gasteiger partial charge >= 0.3 is 0 Å². The van der Waals surface area contributed by atoms with Gasteiger partial charge in [0, 0.05) is 43.1 Å². The number of anilines is 1. The first-order valence-corrected chi connectivity index (χ1v) is 10.8. The van der Waals surface area contributed by atoms with Crippen LogP contribution >= 0.6 is 0 Å². The third-order valence-electron chi connectivity index (χ3n) is 7.00. The Morgan fingerprint density at radius 1 is 0.828 bits per heavy atom. The molecule has 3 aliphatic heterocycles. The second-order valence-corrected chi connectivity index (χ2v) is 8.47. The van der Waals surface area contributed by atoms with Gasteiger partial charge in [0.2, 0.25) is 0 Å². The van der Waals surface area contributed by atoms with E-state index in [4.69, 9.17) is 0 Å². The van der Waals surface area contributed by atoms with Crippen LogP contribution in [0.25, 0.3) is 0 Å². The zero-order chi connectivity index (χ0) is 19.6. The summed E-state index contributed by atoms with van der Waals surface area (Å²) in [6, 6.07) is 27.5. The summed E-state index contributed by atoms with van der Waals surface area (Å²) in [5, 5.41) is 0. The number of rotatable bonds is 5. The summed E-state index contributed by atoms with van der Waals surface area (Å²) in [7, 11) is 2.28. The van der Waals surface area contributed by atoms with Crippen LogP contribution in [0.3, 0.4) is 0 Å². The minimum absolute atomic E-state index is 0.370. The van der Waals surface area contributed by atoms with Crippen molar-refractivity contribution < 1.29 is 0 Å². The van der Waals surface area contributed by atoms with E-state index in [9.17, 15) is 0 Å². The SMILES string of the molecule is CN(c1ccncc1)[C@@H]1C2CCN(CC2)[C@@H]1C(c1ccccc1)c1ccccc1. The minimum atomic E-state index is 0.370. The highest BCUT2D eigenvalue weighted by molar-refractivity contribution is 5.47. The van der Waals surface area contributed by atoms with Gasteiger partial charge in [-0.1, -0.05) is 60.7 Å². The Morgan fingerprint density at radius 3 is 1.93 bits per heavy atom. The maximum Gasteiger partial charge on any atom is 0.0480 e. The molecule has 3 saturated heterocycles. The quantitative estimate of drug-likeness (QED) is 0.630. The van der Waals surface area contributed by atoms with Crippen molar-refractivity contribution in [1.82, 2.24) is 9.88 Å². The van der Waals surface area contributed by atoms with Gasteiger partial charge < -0.3 is 4.90 Å². The predicted octanol–water partition coefficient (Wildman–Crippen LogP) is 4.81. The van der Waals surface area contributed by atoms with Crippen LogP contribution in [-0.2, 0) is 0 Å². The van der Waals surface area contributed by atoms with Gasteiger partial charge in [0.25, 0.3) is 0 Å². The van der Waals surface area contributed by atoms with Crippen molar-refractivity contribution >= 4 is 5.69 Å². The average molecular weight is 384 g/mol. The molecule has 0 radical (unpaired) electrons. The molecule has 0 unspecified atom stereocenters. The van der Waals surface area contributed by atoms with Gasteiger partial charge in [0.1, 0.15) is 0 Å². The van der Waals surface area contributed by atoms with Gasteiger partial charge in [-0.2, -0.15) is 0 Å². The molecule has 2 atom stereocenters. The van der Waals surface area contributed by atoms with Crippen LogP contribution in [0.15, 0.2) is 85.2 Å². The second kappa shape index (κ2) is 8.00. The van der Waals surface area contributed by atoms with Gasteiger partial charge in [-0.05, 0) is 55.1 Å². The summed E-state index contributed by atoms with van der Waals surface area (Å²) in [6.07, 6.45) is 6.42. The maximum absolute atomic E-state index is 4.23. The Kier molecular flexibility index (Phi) is 5.07. The van der Waals surface area contributed by atoms with Crippen molar-refractivity contribution in [2.45, 2.75) is 30.8 Å². The van der Waals surface area contributed by atoms with Gasteiger partial charge in [-0.15, -0.1) is 0 Å². The predicted molar refractivity (Wildman–Crippen MR) is 119 cm³/mol. The van der Waals surface area contributed by atoms with E-state index in [1.807, 2.05) is 12.4 Å². The van der Waals surface area contributed by atoms with Crippen LogP contribution in [0.1, 0.15) is 29.9 Å². The van der Waals surface area contributed by atoms with E-state index in [-0.39, 0.29) is 0 Å². The summed E-state index contributed by atoms with van der Waals surface area (Å²) in [5.41, 5.74) is 4.11. The maximum atomic E-state index is 4.23. The number of nitrogens with zero attached hydrogens (tertiary/aromatic N) is 3. The van der Waals surface area contributed by atoms with Crippen LogP contribution in [-0.4, -0.2) is 42.1 Å². The van der Waals surface area contributed by atoms with Gasteiger partial charge in [-0.25, -0.2) is 0 Å². The number of aromatic nitrogens is 1. The third-order valence-corrected chi connectivity index (χ3v) is 7.00. The van der Waals surface area contributed by atoms with Gasteiger partial charge in [0.15, 0.2) is 0 Å². The summed E-state index contributed by atoms with van der Waals surface area (Å²) >= 11 is 0. The lowest BCUT2D eigenvalue weighted by molar-refractivity contribution is 0.0186. The molecular weight excluding hydrogens is 354 g/mol. The molecule has 6 rings (SSSR count). The number of likely N-dealkylation sites (N-methyl/N-ethyl adjacent to an activating group) is 1. The zero-order valence-corrected chi connectivity index (χ0v) is 17.1. The molecule has 2 aromatic carbocycles. The molecule has 0 spiro atoms. The topological polar surface area (TPSA) is 19.4 Å². The van der Waals surface area contributed by atoms with Crippen molar-refractivity contribution in [3.63, 3.8) is 0 Å². The van der Waals surface area contributed by atoms with E-state index in [1.54, 1.807) is 0 Å². The lowest BCUT2D eigenvalue weighted by Crippen LogP contribution is -2.65. The molecular formula is C26H29N3. The summed E-state index contributed by atoms with van der Waals surface area (Å²) in [4.78, 5) is 9.52. The Labute approximate surface area is 174 Å². The lowest BCUT2D eigenvalue weighted by atomic mass is 9.70. The highest BCUT2D eigenvalue weighted by Gasteiger charge is 2.48. The van der Waals surface area contributed by atoms with Gasteiger partial charge in [0.05, 0.1) is 0 Å². The molecule has 4 heterocycles. The van der Waals surface area contributed by atoms with Crippen LogP contribution in [0.2, 0.25) is 0 Å². The van der Waals surface area contributed by atoms with Crippen molar-refractivity contribution in [2.75, 3.05) is 25.0 Å². The molecule has 0 amide bonds. The molecule has 0 saturated carbocycles. The number of pyridine rings is 1. The van der Waals surface area contributed by atoms with Crippen LogP contribution in [0.5, 0.6) is 0 Å². The van der Waals surface area contributed by atoms with Crippen molar-refractivity contribution in [3.8, 4) is 0 Å². The van der Waals surface area contributed by atoms with E-state index >= 15 is 0 Å². The number of hydrogen-bond acceptors (Lipinski definition) is 3. The largest absolute Gasteiger partial charge is 0.370 e. The smallest absolute Gasteiger partial charge is 0.0480 e. The van der Waals surface area contributed by atoms with Crippen LogP contribution in [0, 0.1) is 5.92 Å². The Hall–Kier alpha value is -2.65. The summed E-state index contributed by atoms with van der Waals surface area (Å²) < 4.78 is 0. The minimum Gasteiger partial charge on any atom is -0.370 e. The molecule has 3 heteroatoms. The van der Waals surface area contributed by atoms with Gasteiger partial charge in [-0.3, -0.25) is 9.88 Å². The summed E-state index contributed by atoms with van der Waals surface area (Å²) in [5.74, 6) is 1.10. The first kappa shape index (κ1) is 18.4. The molecule has 3 aliphatic rings. The molecule has 3 fully saturated rings. The molecule has 1 aromatic heterocycles. The third kappa shape index (κ3) is 3.44. The molecule has 0 aliphatic carbocycles. The average Bonchev–Trinajstić information content (AvgIpc) is 2.81. The Bertz CT molecular complexity index is 865. The lowest BCUT2D eigenvalue weighted by Gasteiger charge is -2.56. The molecule has 148 valence electrons. The van der Waals surface area contributed by atoms with E-state index < -0.39 is 0 Å². The standard InChI is InChI=1S/C26H29N3/c1-28(23-12-16-27-17-13-23)25-22-14-18-29(19-15-22)26(25)24(20-8-4-2-5-9-20)21-10-6-3-7-11-21/h2-13,16-17,22,24-26H,14-15,18-19H2,1H3/t25-,26-/m1/s1. The van der Waals surface area contributed by atoms with Crippen molar-refractivity contribution in [2.24, 2.45) is 5.92 Å². The highest BCUT2D eigenvalue weighted by Crippen LogP contribution is 2.44. The number of hydrogen-bond donors (Lipinski definition) is 0. The summed E-state index contributed by atoms with van der Waals surface area (Å²) in [6.45, 7) is 2.43. The van der Waals surface area contributed by atoms with E-state index in [0.717, 1.165) is 5.92 Å². The van der Waals surface area contributed by atoms with Crippen LogP contribution < -0.4 is 4.90 Å². The fourth-order valence-corrected chi connectivity index (χ4v) is 5.67. The fourth-order valence-electron chi connectivity index (χ4n) is 5.67. The van der Waals surface area contributed by atoms with E-state index in [0.29, 0.717) is 18.0 Å². The first-order valence-electron chi connectivity index (χ1n) is 10.8. The van der Waals surface area contributed by atoms with E-state index in [1.165, 1.54) is 42.7 Å². The van der Waals surface area contributed by atoms with E-state index in [2.05, 4.69) is 94.6 Å². The number of piperidine rings is 3. The molecule has 0 N–H and O–H groups in total. The molecule has 3 aromatic rings. The highest BCUT2D eigenvalue weighted by atomic mass is 15.3. The second-order valence-electron chi connectivity index (χ2n) is 8.47. The molecule has 2 bridgehead atoms. The van der Waals surface area contributed by atoms with Crippen molar-refractivity contribution in [3.05, 3.63) is 96.3 Å². The van der Waals surface area contributed by atoms with Crippen LogP contribution in [0.4, 0.5) is 5.69 Å². The number of benzene rings is 2. The first-order chi connectivity index (χ1) is 14.3. The number of fused-ring (bicyclic) bond motifs is 3. The monoisotopic (exact) mass is 383 g/mol. The zero-order valence-electron chi connectivity index (χ0n) is 17.1. The molecule has 29 heavy (non-hydrogen) atoms. The molecule has 3 nitrogen and oxygen atoms in total. The Morgan fingerprint density at radius 2 is 1.38 bits per heavy atom. The van der Waals surface area contributed by atoms with Crippen molar-refractivity contribution in [1.29, 1.82) is 0 Å².